The molecule has 0 aliphatic rings. The smallest absolute Gasteiger partial charge is 0.435 e. The largest absolute Gasteiger partial charge is 0.501 e. The molecule has 3 rings (SSSR count). The van der Waals surface area contributed by atoms with Crippen LogP contribution in [-0.4, -0.2) is 38.1 Å². The van der Waals surface area contributed by atoms with E-state index in [4.69, 9.17) is 4.42 Å². The number of aromatic nitrogens is 2. The predicted octanol–water partition coefficient (Wildman–Crippen LogP) is 3.74. The van der Waals surface area contributed by atoms with Gasteiger partial charge >= 0.3 is 5.51 Å². The molecule has 0 amide bonds. The summed E-state index contributed by atoms with van der Waals surface area (Å²) >= 11 is 3.12. The predicted molar refractivity (Wildman–Crippen MR) is 95.9 cm³/mol. The molecule has 0 saturated carbocycles. The lowest BCUT2D eigenvalue weighted by Crippen LogP contribution is -2.23. The zero-order valence-electron chi connectivity index (χ0n) is 13.9. The van der Waals surface area contributed by atoms with E-state index in [0.29, 0.717) is 10.5 Å². The Morgan fingerprint density at radius 1 is 1.14 bits per heavy atom. The molecule has 1 aromatic carbocycles. The van der Waals surface area contributed by atoms with Gasteiger partial charge in [0.15, 0.2) is 15.4 Å². The van der Waals surface area contributed by atoms with Crippen molar-refractivity contribution in [1.29, 1.82) is 0 Å². The average Bonchev–Trinajstić information content (AvgIpc) is 3.03. The number of halogens is 4. The quantitative estimate of drug-likeness (QED) is 0.538. The van der Waals surface area contributed by atoms with E-state index in [2.05, 4.69) is 25.9 Å². The molecule has 0 aliphatic heterocycles. The van der Waals surface area contributed by atoms with Crippen molar-refractivity contribution in [1.82, 2.24) is 9.97 Å². The molecule has 0 bridgehead atoms. The molecule has 0 atom stereocenters. The van der Waals surface area contributed by atoms with Crippen molar-refractivity contribution in [3.8, 4) is 11.6 Å². The van der Waals surface area contributed by atoms with Crippen molar-refractivity contribution in [2.45, 2.75) is 22.2 Å². The summed E-state index contributed by atoms with van der Waals surface area (Å²) in [5, 5.41) is 0. The molecule has 28 heavy (non-hydrogen) atoms. The summed E-state index contributed by atoms with van der Waals surface area (Å²) in [4.78, 5) is 6.74. The van der Waals surface area contributed by atoms with E-state index in [9.17, 15) is 30.0 Å². The molecule has 13 heteroatoms. The minimum absolute atomic E-state index is 0.0271. The summed E-state index contributed by atoms with van der Waals surface area (Å²) in [6, 6.07) is 3.75. The minimum Gasteiger partial charge on any atom is -0.435 e. The summed E-state index contributed by atoms with van der Waals surface area (Å²) in [5.41, 5.74) is -5.82. The third kappa shape index (κ3) is 3.53. The number of alkyl halides is 3. The highest BCUT2D eigenvalue weighted by Crippen LogP contribution is 2.34. The second kappa shape index (κ2) is 6.81. The highest BCUT2D eigenvalue weighted by Gasteiger charge is 2.47. The second-order valence-electron chi connectivity index (χ2n) is 5.50. The number of benzene rings is 1. The first kappa shape index (κ1) is 20.7. The molecule has 0 unspecified atom stereocenters. The fourth-order valence-corrected chi connectivity index (χ4v) is 4.60. The maximum Gasteiger partial charge on any atom is 0.501 e. The maximum atomic E-state index is 12.7. The van der Waals surface area contributed by atoms with Gasteiger partial charge in [0, 0.05) is 10.7 Å². The summed E-state index contributed by atoms with van der Waals surface area (Å²) < 4.78 is 91.8. The Balaban J connectivity index is 2.21. The van der Waals surface area contributed by atoms with Crippen molar-refractivity contribution >= 4 is 46.7 Å². The zero-order chi connectivity index (χ0) is 20.9. The number of oxazole rings is 1. The molecule has 0 spiro atoms. The first-order valence-electron chi connectivity index (χ1n) is 7.47. The SMILES string of the molecule is CCS(=O)(=O)c1cc(Br)cnc1-c1nc2cc(S(=O)(=O)C(F)(F)F)ccc2o1. The second-order valence-corrected chi connectivity index (χ2v) is 10.6. The van der Waals surface area contributed by atoms with E-state index in [1.165, 1.54) is 19.2 Å². The van der Waals surface area contributed by atoms with Crippen molar-refractivity contribution in [3.05, 3.63) is 34.9 Å². The van der Waals surface area contributed by atoms with E-state index in [-0.39, 0.29) is 33.3 Å². The van der Waals surface area contributed by atoms with Gasteiger partial charge in [0.2, 0.25) is 5.89 Å². The van der Waals surface area contributed by atoms with Crippen molar-refractivity contribution in [2.75, 3.05) is 5.75 Å². The molecule has 7 nitrogen and oxygen atoms in total. The normalized spacial score (nSPS) is 13.2. The van der Waals surface area contributed by atoms with Crippen molar-refractivity contribution in [3.63, 3.8) is 0 Å². The number of sulfone groups is 2. The van der Waals surface area contributed by atoms with Crippen LogP contribution in [0.5, 0.6) is 0 Å². The number of pyridine rings is 1. The van der Waals surface area contributed by atoms with Gasteiger partial charge in [-0.3, -0.25) is 0 Å². The third-order valence-electron chi connectivity index (χ3n) is 3.71. The minimum atomic E-state index is -5.56. The summed E-state index contributed by atoms with van der Waals surface area (Å²) in [5.74, 6) is -0.497. The Morgan fingerprint density at radius 3 is 2.43 bits per heavy atom. The number of hydrogen-bond acceptors (Lipinski definition) is 7. The average molecular weight is 499 g/mol. The van der Waals surface area contributed by atoms with Crippen LogP contribution in [0.4, 0.5) is 13.2 Å². The van der Waals surface area contributed by atoms with E-state index in [0.717, 1.165) is 12.1 Å². The highest BCUT2D eigenvalue weighted by molar-refractivity contribution is 9.10. The number of nitrogens with zero attached hydrogens (tertiary/aromatic N) is 2. The molecular formula is C15H10BrF3N2O5S2. The van der Waals surface area contributed by atoms with E-state index < -0.39 is 30.1 Å². The van der Waals surface area contributed by atoms with Crippen LogP contribution in [0, 0.1) is 0 Å². The molecule has 2 aromatic heterocycles. The Hall–Kier alpha value is -1.99. The molecule has 0 fully saturated rings. The van der Waals surface area contributed by atoms with E-state index >= 15 is 0 Å². The zero-order valence-corrected chi connectivity index (χ0v) is 17.1. The highest BCUT2D eigenvalue weighted by atomic mass is 79.9. The van der Waals surface area contributed by atoms with Crippen LogP contribution < -0.4 is 0 Å². The Kier molecular flexibility index (Phi) is 5.04. The fraction of sp³-hybridized carbons (Fsp3) is 0.200. The lowest BCUT2D eigenvalue weighted by atomic mass is 10.3. The van der Waals surface area contributed by atoms with Gasteiger partial charge in [-0.05, 0) is 40.2 Å². The number of fused-ring (bicyclic) bond motifs is 1. The van der Waals surface area contributed by atoms with Gasteiger partial charge in [-0.25, -0.2) is 26.8 Å². The van der Waals surface area contributed by atoms with Gasteiger partial charge in [0.25, 0.3) is 9.84 Å². The molecule has 0 saturated heterocycles. The number of hydrogen-bond donors (Lipinski definition) is 0. The van der Waals surface area contributed by atoms with E-state index in [1.54, 1.807) is 0 Å². The Labute approximate surface area is 165 Å². The number of rotatable bonds is 4. The van der Waals surface area contributed by atoms with Crippen LogP contribution in [0.3, 0.4) is 0 Å². The summed E-state index contributed by atoms with van der Waals surface area (Å²) in [7, 11) is -9.29. The van der Waals surface area contributed by atoms with Crippen LogP contribution >= 0.6 is 15.9 Å². The van der Waals surface area contributed by atoms with Crippen LogP contribution in [0.15, 0.2) is 49.1 Å². The molecular weight excluding hydrogens is 489 g/mol. The van der Waals surface area contributed by atoms with Gasteiger partial charge in [-0.2, -0.15) is 13.2 Å². The summed E-state index contributed by atoms with van der Waals surface area (Å²) in [6.07, 6.45) is 1.30. The van der Waals surface area contributed by atoms with Crippen LogP contribution in [0.2, 0.25) is 0 Å². The van der Waals surface area contributed by atoms with Gasteiger partial charge in [-0.15, -0.1) is 0 Å². The molecule has 2 heterocycles. The first-order chi connectivity index (χ1) is 12.9. The summed E-state index contributed by atoms with van der Waals surface area (Å²) in [6.45, 7) is 1.43. The lowest BCUT2D eigenvalue weighted by molar-refractivity contribution is -0.0435. The van der Waals surface area contributed by atoms with Gasteiger partial charge in [-0.1, -0.05) is 6.92 Å². The molecule has 3 aromatic rings. The van der Waals surface area contributed by atoms with Crippen molar-refractivity contribution in [2.24, 2.45) is 0 Å². The van der Waals surface area contributed by atoms with Crippen LogP contribution in [0.25, 0.3) is 22.7 Å². The van der Waals surface area contributed by atoms with Crippen LogP contribution in [0.1, 0.15) is 6.92 Å². The van der Waals surface area contributed by atoms with Gasteiger partial charge in [0.05, 0.1) is 15.5 Å². The Bertz CT molecular complexity index is 1280. The first-order valence-corrected chi connectivity index (χ1v) is 11.4. The van der Waals surface area contributed by atoms with Crippen molar-refractivity contribution < 1.29 is 34.4 Å². The van der Waals surface area contributed by atoms with E-state index in [1.807, 2.05) is 0 Å². The fourth-order valence-electron chi connectivity index (χ4n) is 2.28. The van der Waals surface area contributed by atoms with Gasteiger partial charge < -0.3 is 4.42 Å². The maximum absolute atomic E-state index is 12.7. The molecule has 150 valence electrons. The van der Waals surface area contributed by atoms with Gasteiger partial charge in [0.1, 0.15) is 11.2 Å². The molecule has 0 radical (unpaired) electrons. The lowest BCUT2D eigenvalue weighted by Gasteiger charge is -2.07. The molecule has 0 N–H and O–H groups in total. The monoisotopic (exact) mass is 498 g/mol. The Morgan fingerprint density at radius 2 is 1.82 bits per heavy atom. The standard InChI is InChI=1S/C15H10BrF3N2O5S2/c1-2-27(22,23)12-5-8(16)7-20-13(12)14-21-10-6-9(3-4-11(10)26-14)28(24,25)15(17,18)19/h3-7H,2H2,1H3. The molecule has 0 aliphatic carbocycles. The topological polar surface area (TPSA) is 107 Å². The van der Waals surface area contributed by atoms with Crippen LogP contribution in [-0.2, 0) is 19.7 Å². The third-order valence-corrected chi connectivity index (χ3v) is 7.37.